The Morgan fingerprint density at radius 2 is 1.97 bits per heavy atom. The summed E-state index contributed by atoms with van der Waals surface area (Å²) < 4.78 is 5.60. The fourth-order valence-corrected chi connectivity index (χ4v) is 5.62. The van der Waals surface area contributed by atoms with Crippen molar-refractivity contribution in [2.45, 2.75) is 81.9 Å². The highest BCUT2D eigenvalue weighted by molar-refractivity contribution is 7.99. The Morgan fingerprint density at radius 3 is 2.52 bits per heavy atom. The lowest BCUT2D eigenvalue weighted by atomic mass is 9.65. The number of alkyl carbamates (subject to hydrolysis) is 1. The minimum Gasteiger partial charge on any atom is -0.444 e. The summed E-state index contributed by atoms with van der Waals surface area (Å²) in [6.07, 6.45) is 5.92. The quantitative estimate of drug-likeness (QED) is 0.412. The molecule has 3 aliphatic rings. The Hall–Kier alpha value is -1.95. The first kappa shape index (κ1) is 23.7. The first-order valence-corrected chi connectivity index (χ1v) is 12.3. The number of fused-ring (bicyclic) bond motifs is 3. The fraction of sp³-hybridized carbons (Fsp3) is 0.600. The minimum atomic E-state index is -0.589. The van der Waals surface area contributed by atoms with Crippen molar-refractivity contribution in [3.05, 3.63) is 42.5 Å². The summed E-state index contributed by atoms with van der Waals surface area (Å²) in [5.74, 6) is 1.35. The number of benzene rings is 1. The molecule has 0 radical (unpaired) electrons. The van der Waals surface area contributed by atoms with Gasteiger partial charge in [0.05, 0.1) is 11.6 Å². The number of nitrogens with one attached hydrogen (secondary N) is 1. The molecule has 2 heterocycles. The summed E-state index contributed by atoms with van der Waals surface area (Å²) in [7, 11) is 0. The molecule has 2 saturated heterocycles. The molecule has 6 heteroatoms. The van der Waals surface area contributed by atoms with Crippen molar-refractivity contribution in [1.82, 2.24) is 10.2 Å². The molecule has 2 amide bonds. The lowest BCUT2D eigenvalue weighted by Gasteiger charge is -2.57. The molecule has 1 saturated carbocycles. The van der Waals surface area contributed by atoms with Gasteiger partial charge in [-0.1, -0.05) is 25.1 Å². The van der Waals surface area contributed by atoms with Gasteiger partial charge in [-0.15, -0.1) is 18.3 Å². The van der Waals surface area contributed by atoms with Gasteiger partial charge in [0.15, 0.2) is 0 Å². The predicted molar refractivity (Wildman–Crippen MR) is 126 cm³/mol. The van der Waals surface area contributed by atoms with E-state index >= 15 is 0 Å². The largest absolute Gasteiger partial charge is 0.444 e. The normalized spacial score (nSPS) is 24.1. The molecular weight excluding hydrogens is 408 g/mol. The number of hydrogen-bond acceptors (Lipinski definition) is 4. The van der Waals surface area contributed by atoms with Crippen molar-refractivity contribution in [2.24, 2.45) is 5.92 Å². The van der Waals surface area contributed by atoms with Crippen LogP contribution < -0.4 is 5.32 Å². The summed E-state index contributed by atoms with van der Waals surface area (Å²) >= 11 is 1.83. The summed E-state index contributed by atoms with van der Waals surface area (Å²) in [6, 6.07) is 8.07. The van der Waals surface area contributed by atoms with Gasteiger partial charge in [0.25, 0.3) is 0 Å². The van der Waals surface area contributed by atoms with Gasteiger partial charge in [0.2, 0.25) is 5.91 Å². The van der Waals surface area contributed by atoms with Gasteiger partial charge in [-0.25, -0.2) is 4.79 Å². The zero-order valence-corrected chi connectivity index (χ0v) is 20.1. The monoisotopic (exact) mass is 444 g/mol. The summed E-state index contributed by atoms with van der Waals surface area (Å²) in [5, 5.41) is 3.15. The highest BCUT2D eigenvalue weighted by atomic mass is 32.2. The third-order valence-electron chi connectivity index (χ3n) is 6.20. The van der Waals surface area contributed by atoms with Crippen molar-refractivity contribution in [1.29, 1.82) is 0 Å². The maximum atomic E-state index is 13.1. The number of hydrogen-bond donors (Lipinski definition) is 1. The number of thioether (sulfide) groups is 1. The van der Waals surface area contributed by atoms with E-state index in [1.807, 2.05) is 37.4 Å². The number of amides is 2. The van der Waals surface area contributed by atoms with E-state index in [4.69, 9.17) is 4.74 Å². The molecule has 4 rings (SSSR count). The van der Waals surface area contributed by atoms with E-state index in [9.17, 15) is 9.59 Å². The van der Waals surface area contributed by atoms with Crippen molar-refractivity contribution >= 4 is 23.8 Å². The SMILES string of the molecule is C=CCN1C(=O)C2CCC1(C(NC(=O)OC(C)(C)C)c1ccc(SCCC)cc1)CC2. The number of nitrogens with zero attached hydrogens (tertiary/aromatic N) is 1. The Kier molecular flexibility index (Phi) is 7.40. The van der Waals surface area contributed by atoms with E-state index < -0.39 is 17.2 Å². The molecule has 1 atom stereocenters. The molecule has 2 aliphatic heterocycles. The molecule has 1 aromatic carbocycles. The highest BCUT2D eigenvalue weighted by Gasteiger charge is 2.55. The summed E-state index contributed by atoms with van der Waals surface area (Å²) in [5.41, 5.74) is -0.0445. The van der Waals surface area contributed by atoms with Gasteiger partial charge in [-0.05, 0) is 76.3 Å². The predicted octanol–water partition coefficient (Wildman–Crippen LogP) is 5.71. The summed E-state index contributed by atoms with van der Waals surface area (Å²) in [6.45, 7) is 12.1. The van der Waals surface area contributed by atoms with Crippen LogP contribution in [-0.2, 0) is 9.53 Å². The van der Waals surface area contributed by atoms with E-state index in [0.29, 0.717) is 6.54 Å². The minimum absolute atomic E-state index is 0.0943. The van der Waals surface area contributed by atoms with Crippen LogP contribution in [0.4, 0.5) is 4.79 Å². The van der Waals surface area contributed by atoms with Crippen LogP contribution in [0.3, 0.4) is 0 Å². The van der Waals surface area contributed by atoms with Crippen molar-refractivity contribution in [3.63, 3.8) is 0 Å². The average molecular weight is 445 g/mol. The molecule has 1 aromatic rings. The first-order valence-electron chi connectivity index (χ1n) is 11.3. The Labute approximate surface area is 191 Å². The number of ether oxygens (including phenoxy) is 1. The van der Waals surface area contributed by atoms with E-state index in [2.05, 4.69) is 43.1 Å². The third kappa shape index (κ3) is 5.28. The number of rotatable bonds is 8. The molecule has 1 N–H and O–H groups in total. The fourth-order valence-electron chi connectivity index (χ4n) is 4.85. The van der Waals surface area contributed by atoms with Crippen LogP contribution in [0.5, 0.6) is 0 Å². The number of carbonyl (C=O) groups is 2. The standard InChI is InChI=1S/C25H36N2O3S/c1-6-16-27-22(28)19-12-14-25(27,15-13-19)21(26-23(29)30-24(3,4)5)18-8-10-20(11-9-18)31-17-7-2/h6,8-11,19,21H,1,7,12-17H2,2-5H3,(H,26,29). The van der Waals surface area contributed by atoms with Crippen LogP contribution in [0.1, 0.15) is 71.4 Å². The maximum Gasteiger partial charge on any atom is 0.408 e. The zero-order chi connectivity index (χ0) is 22.6. The van der Waals surface area contributed by atoms with Crippen LogP contribution in [0.15, 0.2) is 41.8 Å². The van der Waals surface area contributed by atoms with E-state index in [1.54, 1.807) is 6.08 Å². The third-order valence-corrected chi connectivity index (χ3v) is 7.42. The average Bonchev–Trinajstić information content (AvgIpc) is 2.73. The van der Waals surface area contributed by atoms with Crippen LogP contribution >= 0.6 is 11.8 Å². The topological polar surface area (TPSA) is 58.6 Å². The molecular formula is C25H36N2O3S. The molecule has 170 valence electrons. The molecule has 5 nitrogen and oxygen atoms in total. The second kappa shape index (κ2) is 9.68. The van der Waals surface area contributed by atoms with Gasteiger partial charge in [-0.3, -0.25) is 4.79 Å². The van der Waals surface area contributed by atoms with Crippen molar-refractivity contribution in [2.75, 3.05) is 12.3 Å². The summed E-state index contributed by atoms with van der Waals surface area (Å²) in [4.78, 5) is 29.2. The Morgan fingerprint density at radius 1 is 1.32 bits per heavy atom. The van der Waals surface area contributed by atoms with Crippen LogP contribution in [-0.4, -0.2) is 40.3 Å². The van der Waals surface area contributed by atoms with Crippen molar-refractivity contribution in [3.8, 4) is 0 Å². The molecule has 31 heavy (non-hydrogen) atoms. The Bertz CT molecular complexity index is 792. The maximum absolute atomic E-state index is 13.1. The molecule has 2 bridgehead atoms. The van der Waals surface area contributed by atoms with Crippen LogP contribution in [0.25, 0.3) is 0 Å². The molecule has 0 spiro atoms. The smallest absolute Gasteiger partial charge is 0.408 e. The van der Waals surface area contributed by atoms with E-state index in [0.717, 1.165) is 43.4 Å². The van der Waals surface area contributed by atoms with Gasteiger partial charge >= 0.3 is 6.09 Å². The second-order valence-corrected chi connectivity index (χ2v) is 10.8. The number of carbonyl (C=O) groups excluding carboxylic acids is 2. The second-order valence-electron chi connectivity index (χ2n) is 9.61. The molecule has 3 fully saturated rings. The van der Waals surface area contributed by atoms with Gasteiger partial charge in [0.1, 0.15) is 5.60 Å². The van der Waals surface area contributed by atoms with Gasteiger partial charge < -0.3 is 15.0 Å². The lowest BCUT2D eigenvalue weighted by Crippen LogP contribution is -2.66. The Balaban J connectivity index is 1.97. The molecule has 0 aromatic heterocycles. The van der Waals surface area contributed by atoms with Gasteiger partial charge in [0, 0.05) is 17.4 Å². The number of piperidine rings is 2. The van der Waals surface area contributed by atoms with Gasteiger partial charge in [-0.2, -0.15) is 0 Å². The zero-order valence-electron chi connectivity index (χ0n) is 19.3. The highest BCUT2D eigenvalue weighted by Crippen LogP contribution is 2.50. The van der Waals surface area contributed by atoms with Crippen LogP contribution in [0.2, 0.25) is 0 Å². The van der Waals surface area contributed by atoms with Crippen LogP contribution in [0, 0.1) is 5.92 Å². The van der Waals surface area contributed by atoms with E-state index in [-0.39, 0.29) is 17.9 Å². The van der Waals surface area contributed by atoms with Crippen molar-refractivity contribution < 1.29 is 14.3 Å². The van der Waals surface area contributed by atoms with E-state index in [1.165, 1.54) is 4.90 Å². The lowest BCUT2D eigenvalue weighted by molar-refractivity contribution is -0.158. The molecule has 1 aliphatic carbocycles. The molecule has 1 unspecified atom stereocenters. The first-order chi connectivity index (χ1) is 14.7.